The van der Waals surface area contributed by atoms with Gasteiger partial charge in [-0.2, -0.15) is 4.98 Å². The summed E-state index contributed by atoms with van der Waals surface area (Å²) in [6, 6.07) is 13.8. The second-order valence-corrected chi connectivity index (χ2v) is 5.91. The minimum atomic E-state index is -0.572. The van der Waals surface area contributed by atoms with E-state index in [2.05, 4.69) is 24.0 Å². The van der Waals surface area contributed by atoms with E-state index in [-0.39, 0.29) is 23.8 Å². The van der Waals surface area contributed by atoms with Crippen molar-refractivity contribution in [3.8, 4) is 17.1 Å². The summed E-state index contributed by atoms with van der Waals surface area (Å²) in [5.41, 5.74) is 2.32. The van der Waals surface area contributed by atoms with Gasteiger partial charge < -0.3 is 14.4 Å². The fourth-order valence-corrected chi connectivity index (χ4v) is 2.29. The number of benzene rings is 2. The zero-order valence-electron chi connectivity index (χ0n) is 14.0. The number of nitrogens with zero attached hydrogens (tertiary/aromatic N) is 2. The van der Waals surface area contributed by atoms with Gasteiger partial charge in [-0.3, -0.25) is 0 Å². The van der Waals surface area contributed by atoms with Crippen LogP contribution in [0.2, 0.25) is 0 Å². The molecule has 1 aromatic heterocycles. The Labute approximate surface area is 145 Å². The Kier molecular flexibility index (Phi) is 4.79. The molecule has 1 N–H and O–H groups in total. The molecular formula is C19H18N2O4. The number of aromatic nitrogens is 2. The van der Waals surface area contributed by atoms with E-state index in [4.69, 9.17) is 9.26 Å². The maximum Gasteiger partial charge on any atom is 0.338 e. The summed E-state index contributed by atoms with van der Waals surface area (Å²) < 4.78 is 10.2. The summed E-state index contributed by atoms with van der Waals surface area (Å²) in [7, 11) is 0. The van der Waals surface area contributed by atoms with Crippen molar-refractivity contribution < 1.29 is 19.2 Å². The molecule has 0 fully saturated rings. The molecule has 6 heteroatoms. The van der Waals surface area contributed by atoms with Crippen molar-refractivity contribution in [1.82, 2.24) is 10.1 Å². The van der Waals surface area contributed by atoms with Gasteiger partial charge in [-0.15, -0.1) is 0 Å². The Hall–Kier alpha value is -3.15. The minimum Gasteiger partial charge on any atom is -0.508 e. The van der Waals surface area contributed by atoms with Gasteiger partial charge in [0.1, 0.15) is 5.75 Å². The normalized spacial score (nSPS) is 10.8. The lowest BCUT2D eigenvalue weighted by molar-refractivity contribution is 0.0429. The highest BCUT2D eigenvalue weighted by molar-refractivity contribution is 5.89. The molecule has 0 saturated heterocycles. The van der Waals surface area contributed by atoms with Crippen LogP contribution in [0.3, 0.4) is 0 Å². The fraction of sp³-hybridized carbons (Fsp3) is 0.211. The van der Waals surface area contributed by atoms with Crippen molar-refractivity contribution in [3.63, 3.8) is 0 Å². The first-order chi connectivity index (χ1) is 12.0. The van der Waals surface area contributed by atoms with Crippen molar-refractivity contribution in [2.45, 2.75) is 26.4 Å². The standard InChI is InChI=1S/C19H18N2O4/c1-12(2)13-6-8-14(9-7-13)18-20-17(25-21-18)11-24-19(23)15-4-3-5-16(22)10-15/h3-10,12,22H,11H2,1-2H3. The Morgan fingerprint density at radius 2 is 1.96 bits per heavy atom. The van der Waals surface area contributed by atoms with Crippen LogP contribution in [0.15, 0.2) is 53.1 Å². The molecule has 3 aromatic rings. The van der Waals surface area contributed by atoms with Crippen LogP contribution in [0.5, 0.6) is 5.75 Å². The molecule has 128 valence electrons. The van der Waals surface area contributed by atoms with E-state index in [0.717, 1.165) is 5.56 Å². The predicted molar refractivity (Wildman–Crippen MR) is 91.0 cm³/mol. The van der Waals surface area contributed by atoms with Crippen LogP contribution >= 0.6 is 0 Å². The van der Waals surface area contributed by atoms with E-state index in [1.165, 1.54) is 17.7 Å². The minimum absolute atomic E-state index is 0.000582. The Bertz CT molecular complexity index is 869. The third-order valence-electron chi connectivity index (χ3n) is 3.71. The van der Waals surface area contributed by atoms with Crippen LogP contribution < -0.4 is 0 Å². The maximum absolute atomic E-state index is 11.9. The Morgan fingerprint density at radius 1 is 1.20 bits per heavy atom. The Balaban J connectivity index is 1.64. The molecule has 0 saturated carbocycles. The van der Waals surface area contributed by atoms with E-state index in [1.807, 2.05) is 24.3 Å². The summed E-state index contributed by atoms with van der Waals surface area (Å²) in [5, 5.41) is 13.3. The SMILES string of the molecule is CC(C)c1ccc(-c2noc(COC(=O)c3cccc(O)c3)n2)cc1. The first kappa shape index (κ1) is 16.7. The topological polar surface area (TPSA) is 85.5 Å². The smallest absolute Gasteiger partial charge is 0.338 e. The fourth-order valence-electron chi connectivity index (χ4n) is 2.29. The molecule has 0 amide bonds. The molecule has 2 aromatic carbocycles. The van der Waals surface area contributed by atoms with Gasteiger partial charge in [0.25, 0.3) is 5.89 Å². The number of phenols is 1. The lowest BCUT2D eigenvalue weighted by Gasteiger charge is -2.04. The number of phenolic OH excluding ortho intramolecular Hbond substituents is 1. The van der Waals surface area contributed by atoms with Gasteiger partial charge in [-0.25, -0.2) is 4.79 Å². The van der Waals surface area contributed by atoms with E-state index in [9.17, 15) is 9.90 Å². The summed E-state index contributed by atoms with van der Waals surface area (Å²) >= 11 is 0. The molecule has 6 nitrogen and oxygen atoms in total. The van der Waals surface area contributed by atoms with E-state index < -0.39 is 5.97 Å². The first-order valence-electron chi connectivity index (χ1n) is 7.92. The van der Waals surface area contributed by atoms with Crippen LogP contribution in [-0.2, 0) is 11.3 Å². The first-order valence-corrected chi connectivity index (χ1v) is 7.92. The number of rotatable bonds is 5. The molecule has 0 aliphatic carbocycles. The summed E-state index contributed by atoms with van der Waals surface area (Å²) in [5.74, 6) is 0.526. The zero-order chi connectivity index (χ0) is 17.8. The molecular weight excluding hydrogens is 320 g/mol. The summed E-state index contributed by atoms with van der Waals surface area (Å²) in [6.07, 6.45) is 0. The summed E-state index contributed by atoms with van der Waals surface area (Å²) in [6.45, 7) is 4.12. The molecule has 1 heterocycles. The molecule has 0 radical (unpaired) electrons. The molecule has 0 atom stereocenters. The van der Waals surface area contributed by atoms with Crippen LogP contribution in [0.25, 0.3) is 11.4 Å². The third-order valence-corrected chi connectivity index (χ3v) is 3.71. The van der Waals surface area contributed by atoms with E-state index >= 15 is 0 Å². The largest absolute Gasteiger partial charge is 0.508 e. The molecule has 0 bridgehead atoms. The monoisotopic (exact) mass is 338 g/mol. The van der Waals surface area contributed by atoms with Crippen molar-refractivity contribution in [2.24, 2.45) is 0 Å². The van der Waals surface area contributed by atoms with Crippen LogP contribution in [-0.4, -0.2) is 21.2 Å². The van der Waals surface area contributed by atoms with Gasteiger partial charge in [-0.1, -0.05) is 49.3 Å². The average molecular weight is 338 g/mol. The van der Waals surface area contributed by atoms with Gasteiger partial charge in [-0.05, 0) is 29.7 Å². The number of aromatic hydroxyl groups is 1. The maximum atomic E-state index is 11.9. The van der Waals surface area contributed by atoms with Gasteiger partial charge in [0.15, 0.2) is 6.61 Å². The molecule has 0 spiro atoms. The molecule has 0 aliphatic rings. The highest BCUT2D eigenvalue weighted by atomic mass is 16.6. The quantitative estimate of drug-likeness (QED) is 0.710. The highest BCUT2D eigenvalue weighted by Gasteiger charge is 2.13. The van der Waals surface area contributed by atoms with Crippen molar-refractivity contribution in [1.29, 1.82) is 0 Å². The van der Waals surface area contributed by atoms with Crippen LogP contribution in [0.1, 0.15) is 41.6 Å². The number of esters is 1. The Morgan fingerprint density at radius 3 is 2.64 bits per heavy atom. The van der Waals surface area contributed by atoms with E-state index in [0.29, 0.717) is 11.7 Å². The lowest BCUT2D eigenvalue weighted by Crippen LogP contribution is -2.05. The van der Waals surface area contributed by atoms with Crippen LogP contribution in [0, 0.1) is 0 Å². The van der Waals surface area contributed by atoms with E-state index in [1.54, 1.807) is 12.1 Å². The number of hydrogen-bond acceptors (Lipinski definition) is 6. The highest BCUT2D eigenvalue weighted by Crippen LogP contribution is 2.21. The summed E-state index contributed by atoms with van der Waals surface area (Å²) in [4.78, 5) is 16.2. The van der Waals surface area contributed by atoms with Crippen LogP contribution in [0.4, 0.5) is 0 Å². The number of ether oxygens (including phenoxy) is 1. The number of carbonyl (C=O) groups is 1. The number of hydrogen-bond donors (Lipinski definition) is 1. The molecule has 25 heavy (non-hydrogen) atoms. The van der Waals surface area contributed by atoms with Gasteiger partial charge in [0.05, 0.1) is 5.56 Å². The predicted octanol–water partition coefficient (Wildman–Crippen LogP) is 3.92. The molecule has 0 unspecified atom stereocenters. The van der Waals surface area contributed by atoms with Gasteiger partial charge in [0, 0.05) is 5.56 Å². The molecule has 0 aliphatic heterocycles. The molecule has 3 rings (SSSR count). The van der Waals surface area contributed by atoms with Gasteiger partial charge in [0.2, 0.25) is 5.82 Å². The van der Waals surface area contributed by atoms with Crippen molar-refractivity contribution in [3.05, 3.63) is 65.5 Å². The second-order valence-electron chi connectivity index (χ2n) is 5.91. The van der Waals surface area contributed by atoms with Gasteiger partial charge >= 0.3 is 5.97 Å². The second kappa shape index (κ2) is 7.17. The van der Waals surface area contributed by atoms with Crippen molar-refractivity contribution >= 4 is 5.97 Å². The van der Waals surface area contributed by atoms with Crippen molar-refractivity contribution in [2.75, 3.05) is 0 Å². The zero-order valence-corrected chi connectivity index (χ0v) is 14.0. The number of carbonyl (C=O) groups excluding carboxylic acids is 1. The third kappa shape index (κ3) is 4.03. The lowest BCUT2D eigenvalue weighted by atomic mass is 10.0. The average Bonchev–Trinajstić information content (AvgIpc) is 3.08.